The average molecular weight is 485 g/mol. The molecule has 1 aromatic carbocycles. The lowest BCUT2D eigenvalue weighted by Crippen LogP contribution is -2.29. The highest BCUT2D eigenvalue weighted by Crippen LogP contribution is 2.24. The first kappa shape index (κ1) is 26.2. The summed E-state index contributed by atoms with van der Waals surface area (Å²) in [5, 5.41) is 4.19. The van der Waals surface area contributed by atoms with Crippen LogP contribution in [0.1, 0.15) is 38.4 Å². The van der Waals surface area contributed by atoms with Crippen LogP contribution in [0.4, 0.5) is 8.78 Å². The van der Waals surface area contributed by atoms with Crippen molar-refractivity contribution in [2.24, 2.45) is 0 Å². The number of hydrogen-bond acceptors (Lipinski definition) is 5. The number of fused-ring (bicyclic) bond motifs is 1. The number of rotatable bonds is 8. The van der Waals surface area contributed by atoms with Crippen molar-refractivity contribution in [2.45, 2.75) is 40.2 Å². The predicted molar refractivity (Wildman–Crippen MR) is 132 cm³/mol. The number of hydroxylamine groups is 2. The van der Waals surface area contributed by atoms with Crippen LogP contribution in [0.2, 0.25) is 0 Å². The highest BCUT2D eigenvalue weighted by Gasteiger charge is 2.18. The summed E-state index contributed by atoms with van der Waals surface area (Å²) in [5.74, 6) is -1.16. The minimum absolute atomic E-state index is 0.113. The minimum Gasteiger partial charge on any atom is -0.355 e. The predicted octanol–water partition coefficient (Wildman–Crippen LogP) is 4.18. The summed E-state index contributed by atoms with van der Waals surface area (Å²) in [4.78, 5) is 36.7. The van der Waals surface area contributed by atoms with E-state index in [-0.39, 0.29) is 35.8 Å². The molecule has 0 bridgehead atoms. The first-order chi connectivity index (χ1) is 16.8. The summed E-state index contributed by atoms with van der Waals surface area (Å²) in [7, 11) is 1.54. The van der Waals surface area contributed by atoms with Gasteiger partial charge in [-0.2, -0.15) is 5.06 Å². The number of nitrogens with zero attached hydrogens (tertiary/aromatic N) is 2. The second-order valence-corrected chi connectivity index (χ2v) is 8.09. The highest BCUT2D eigenvalue weighted by molar-refractivity contribution is 5.96. The van der Waals surface area contributed by atoms with E-state index >= 15 is 0 Å². The van der Waals surface area contributed by atoms with Gasteiger partial charge in [0.1, 0.15) is 17.0 Å². The molecular formula is C26H30F2N4O3. The molecule has 0 spiro atoms. The number of aromatic amines is 1. The lowest BCUT2D eigenvalue weighted by Gasteiger charge is -2.26. The number of aryl methyl sites for hydroxylation is 1. The van der Waals surface area contributed by atoms with Gasteiger partial charge in [0.05, 0.1) is 12.1 Å². The summed E-state index contributed by atoms with van der Waals surface area (Å²) in [6.07, 6.45) is 7.84. The van der Waals surface area contributed by atoms with Crippen LogP contribution in [-0.2, 0) is 22.6 Å². The maximum Gasteiger partial charge on any atom is 0.270 e. The van der Waals surface area contributed by atoms with Crippen molar-refractivity contribution in [3.8, 4) is 0 Å². The molecule has 0 fully saturated rings. The molecule has 2 heterocycles. The van der Waals surface area contributed by atoms with Gasteiger partial charge in [-0.15, -0.1) is 0 Å². The molecule has 2 N–H and O–H groups in total. The van der Waals surface area contributed by atoms with Crippen molar-refractivity contribution < 1.29 is 18.4 Å². The Morgan fingerprint density at radius 1 is 1.31 bits per heavy atom. The molecule has 0 saturated carbocycles. The summed E-state index contributed by atoms with van der Waals surface area (Å²) >= 11 is 0. The molecule has 7 nitrogen and oxygen atoms in total. The lowest BCUT2D eigenvalue weighted by molar-refractivity contribution is -0.156. The number of benzene rings is 1. The van der Waals surface area contributed by atoms with Gasteiger partial charge in [-0.05, 0) is 49.1 Å². The number of carbonyl (C=O) groups excluding carboxylic acids is 1. The first-order valence-electron chi connectivity index (χ1n) is 11.5. The fraction of sp³-hybridized carbons (Fsp3) is 0.346. The topological polar surface area (TPSA) is 87.3 Å². The monoisotopic (exact) mass is 484 g/mol. The quantitative estimate of drug-likeness (QED) is 0.434. The van der Waals surface area contributed by atoms with Crippen molar-refractivity contribution in [1.82, 2.24) is 20.3 Å². The zero-order valence-electron chi connectivity index (χ0n) is 20.4. The van der Waals surface area contributed by atoms with Crippen LogP contribution in [0.5, 0.6) is 0 Å². The third kappa shape index (κ3) is 6.37. The van der Waals surface area contributed by atoms with E-state index in [1.54, 1.807) is 43.3 Å². The smallest absolute Gasteiger partial charge is 0.270 e. The van der Waals surface area contributed by atoms with E-state index in [1.165, 1.54) is 13.0 Å². The molecular weight excluding hydrogens is 454 g/mol. The van der Waals surface area contributed by atoms with Crippen LogP contribution in [0.25, 0.3) is 11.0 Å². The molecule has 186 valence electrons. The fourth-order valence-electron chi connectivity index (χ4n) is 3.78. The molecule has 1 amide bonds. The molecule has 1 aliphatic heterocycles. The molecule has 1 aliphatic rings. The van der Waals surface area contributed by atoms with E-state index in [4.69, 9.17) is 4.84 Å². The van der Waals surface area contributed by atoms with E-state index in [0.29, 0.717) is 47.2 Å². The van der Waals surface area contributed by atoms with Crippen LogP contribution < -0.4 is 10.9 Å². The number of H-pyrrole nitrogens is 1. The van der Waals surface area contributed by atoms with Gasteiger partial charge in [0.25, 0.3) is 11.5 Å². The number of halogens is 2. The zero-order chi connectivity index (χ0) is 25.5. The number of nitrogens with one attached hydrogen (secondary N) is 2. The van der Waals surface area contributed by atoms with E-state index < -0.39 is 11.6 Å². The van der Waals surface area contributed by atoms with E-state index in [9.17, 15) is 18.4 Å². The Kier molecular flexibility index (Phi) is 8.84. The van der Waals surface area contributed by atoms with E-state index in [1.807, 2.05) is 13.0 Å². The summed E-state index contributed by atoms with van der Waals surface area (Å²) in [6.45, 7) is 5.77. The number of amides is 1. The minimum atomic E-state index is -0.521. The SMILES string of the molecule is CC/C=C(/C=C\C(C1=CCN(Cc2cc(F)c3nc(CC)c(=O)[nH]c3c2)OC1)=C(/C)F)C(=O)NC. The van der Waals surface area contributed by atoms with Crippen molar-refractivity contribution in [2.75, 3.05) is 20.2 Å². The third-order valence-corrected chi connectivity index (χ3v) is 5.58. The van der Waals surface area contributed by atoms with Gasteiger partial charge in [-0.25, -0.2) is 13.8 Å². The molecule has 0 aliphatic carbocycles. The average Bonchev–Trinajstić information content (AvgIpc) is 2.83. The van der Waals surface area contributed by atoms with Gasteiger partial charge in [0, 0.05) is 31.3 Å². The Labute approximate surface area is 202 Å². The van der Waals surface area contributed by atoms with Gasteiger partial charge >= 0.3 is 0 Å². The van der Waals surface area contributed by atoms with Crippen molar-refractivity contribution in [3.63, 3.8) is 0 Å². The lowest BCUT2D eigenvalue weighted by atomic mass is 10.0. The third-order valence-electron chi connectivity index (χ3n) is 5.58. The Morgan fingerprint density at radius 3 is 2.69 bits per heavy atom. The number of aromatic nitrogens is 2. The van der Waals surface area contributed by atoms with E-state index in [2.05, 4.69) is 15.3 Å². The summed E-state index contributed by atoms with van der Waals surface area (Å²) in [6, 6.07) is 3.05. The molecule has 1 aromatic heterocycles. The molecule has 0 unspecified atom stereocenters. The molecule has 0 saturated heterocycles. The van der Waals surface area contributed by atoms with Gasteiger partial charge in [-0.3, -0.25) is 14.4 Å². The normalized spacial score (nSPS) is 15.9. The van der Waals surface area contributed by atoms with Gasteiger partial charge in [0.2, 0.25) is 0 Å². The molecule has 35 heavy (non-hydrogen) atoms. The molecule has 0 atom stereocenters. The molecule has 2 aromatic rings. The van der Waals surface area contributed by atoms with Gasteiger partial charge in [0.15, 0.2) is 5.82 Å². The Bertz CT molecular complexity index is 1290. The highest BCUT2D eigenvalue weighted by atomic mass is 19.1. The number of likely N-dealkylation sites (N-methyl/N-ethyl adjacent to an activating group) is 1. The van der Waals surface area contributed by atoms with Gasteiger partial charge in [-0.1, -0.05) is 32.1 Å². The fourth-order valence-corrected chi connectivity index (χ4v) is 3.78. The Morgan fingerprint density at radius 2 is 2.09 bits per heavy atom. The van der Waals surface area contributed by atoms with Crippen LogP contribution >= 0.6 is 0 Å². The van der Waals surface area contributed by atoms with Crippen LogP contribution in [0, 0.1) is 5.82 Å². The van der Waals surface area contributed by atoms with Crippen LogP contribution in [0.15, 0.2) is 63.8 Å². The first-order valence-corrected chi connectivity index (χ1v) is 11.5. The number of carbonyl (C=O) groups is 1. The van der Waals surface area contributed by atoms with Crippen molar-refractivity contribution in [3.05, 3.63) is 86.4 Å². The Balaban J connectivity index is 1.76. The van der Waals surface area contributed by atoms with Crippen molar-refractivity contribution in [1.29, 1.82) is 0 Å². The molecule has 9 heteroatoms. The largest absolute Gasteiger partial charge is 0.355 e. The maximum atomic E-state index is 14.6. The maximum absolute atomic E-state index is 14.6. The summed E-state index contributed by atoms with van der Waals surface area (Å²) < 4.78 is 29.0. The van der Waals surface area contributed by atoms with Crippen molar-refractivity contribution >= 4 is 16.9 Å². The number of hydrogen-bond donors (Lipinski definition) is 2. The molecule has 0 radical (unpaired) electrons. The van der Waals surface area contributed by atoms with Crippen LogP contribution in [-0.4, -0.2) is 41.1 Å². The molecule has 3 rings (SSSR count). The second kappa shape index (κ2) is 11.8. The van der Waals surface area contributed by atoms with Gasteiger partial charge < -0.3 is 10.3 Å². The van der Waals surface area contributed by atoms with E-state index in [0.717, 1.165) is 0 Å². The van der Waals surface area contributed by atoms with Crippen LogP contribution in [0.3, 0.4) is 0 Å². The Hall–Kier alpha value is -3.43. The second-order valence-electron chi connectivity index (χ2n) is 8.09. The zero-order valence-corrected chi connectivity index (χ0v) is 20.4. The number of allylic oxidation sites excluding steroid dienone is 3. The standard InChI is InChI=1S/C26H30F2N4O3/c1-5-7-18(25(33)29-4)8-9-20(16(3)27)19-10-11-32(35-15-19)14-17-12-21(28)24-23(13-17)31-26(34)22(6-2)30-24/h7-10,12-13H,5-6,11,14-15H2,1-4H3,(H,29,33)(H,31,34)/b9-8-,18-7-,20-16-. The summed E-state index contributed by atoms with van der Waals surface area (Å²) in [5.41, 5.74) is 2.45.